The smallest absolute Gasteiger partial charge is 0.416 e. The largest absolute Gasteiger partial charge is 1.00 e. The molecule has 0 radical (unpaired) electrons. The molecule has 2 aromatic carbocycles. The number of hydrogen-bond acceptors (Lipinski definition) is 1. The molecule has 0 aromatic heterocycles. The molecule has 2 amide bonds. The van der Waals surface area contributed by atoms with Crippen molar-refractivity contribution < 1.29 is 35.3 Å². The molecule has 1 unspecified atom stereocenters. The molecule has 0 aliphatic carbocycles. The van der Waals surface area contributed by atoms with E-state index >= 15 is 0 Å². The lowest BCUT2D eigenvalue weighted by molar-refractivity contribution is -0.927. The number of piperazine rings is 1. The lowest BCUT2D eigenvalue weighted by atomic mass is 10.1. The minimum atomic E-state index is -4.43. The van der Waals surface area contributed by atoms with Crippen molar-refractivity contribution in [3.63, 3.8) is 0 Å². The Morgan fingerprint density at radius 2 is 1.76 bits per heavy atom. The minimum Gasteiger partial charge on any atom is -1.00 e. The van der Waals surface area contributed by atoms with Crippen LogP contribution in [0.2, 0.25) is 0 Å². The number of quaternary nitrogens is 1. The van der Waals surface area contributed by atoms with E-state index in [2.05, 4.69) is 24.4 Å². The van der Waals surface area contributed by atoms with Gasteiger partial charge in [0.1, 0.15) is 0 Å². The number of carbonyl (C=O) groups excluding carboxylic acids is 1. The number of amides is 2. The SMILES string of the molecule is CC(Cc1ccccc1)[NH+]1CCN(C(=O)Nc2cccc(C(F)(F)F)c2)CC1.[Cl-]. The lowest BCUT2D eigenvalue weighted by Crippen LogP contribution is -3.18. The van der Waals surface area contributed by atoms with Gasteiger partial charge < -0.3 is 27.5 Å². The highest BCUT2D eigenvalue weighted by Gasteiger charge is 2.31. The molecule has 1 atom stereocenters. The molecule has 1 saturated heterocycles. The molecular weight excluding hydrogens is 403 g/mol. The van der Waals surface area contributed by atoms with Crippen LogP contribution in [0.5, 0.6) is 0 Å². The van der Waals surface area contributed by atoms with Crippen molar-refractivity contribution >= 4 is 11.7 Å². The summed E-state index contributed by atoms with van der Waals surface area (Å²) in [5.41, 5.74) is 0.688. The maximum absolute atomic E-state index is 12.8. The van der Waals surface area contributed by atoms with E-state index in [9.17, 15) is 18.0 Å². The summed E-state index contributed by atoms with van der Waals surface area (Å²) in [6.07, 6.45) is -3.45. The van der Waals surface area contributed by atoms with E-state index in [1.807, 2.05) is 18.2 Å². The molecule has 3 rings (SSSR count). The van der Waals surface area contributed by atoms with Gasteiger partial charge in [0.15, 0.2) is 0 Å². The maximum Gasteiger partial charge on any atom is 0.416 e. The summed E-state index contributed by atoms with van der Waals surface area (Å²) < 4.78 is 38.4. The molecule has 0 bridgehead atoms. The Morgan fingerprint density at radius 1 is 1.10 bits per heavy atom. The zero-order chi connectivity index (χ0) is 20.1. The zero-order valence-corrected chi connectivity index (χ0v) is 16.9. The van der Waals surface area contributed by atoms with Crippen LogP contribution in [-0.2, 0) is 12.6 Å². The summed E-state index contributed by atoms with van der Waals surface area (Å²) >= 11 is 0. The van der Waals surface area contributed by atoms with Gasteiger partial charge in [-0.3, -0.25) is 0 Å². The third-order valence-corrected chi connectivity index (χ3v) is 5.22. The first-order chi connectivity index (χ1) is 13.3. The van der Waals surface area contributed by atoms with E-state index < -0.39 is 11.7 Å². The van der Waals surface area contributed by atoms with Crippen molar-refractivity contribution in [2.45, 2.75) is 25.6 Å². The number of alkyl halides is 3. The van der Waals surface area contributed by atoms with Crippen LogP contribution in [0.3, 0.4) is 0 Å². The van der Waals surface area contributed by atoms with Crippen molar-refractivity contribution in [1.82, 2.24) is 4.90 Å². The highest BCUT2D eigenvalue weighted by atomic mass is 35.5. The van der Waals surface area contributed by atoms with Crippen LogP contribution in [-0.4, -0.2) is 43.2 Å². The standard InChI is InChI=1S/C21H24F3N3O.ClH/c1-16(14-17-6-3-2-4-7-17)26-10-12-27(13-11-26)20(28)25-19-9-5-8-18(15-19)21(22,23)24;/h2-9,15-16H,10-14H2,1H3,(H,25,28);1H. The van der Waals surface area contributed by atoms with E-state index in [0.717, 1.165) is 31.6 Å². The molecule has 29 heavy (non-hydrogen) atoms. The first-order valence-corrected chi connectivity index (χ1v) is 9.44. The first kappa shape index (κ1) is 23.0. The normalized spacial score (nSPS) is 16.1. The number of urea groups is 1. The van der Waals surface area contributed by atoms with Crippen molar-refractivity contribution in [2.24, 2.45) is 0 Å². The lowest BCUT2D eigenvalue weighted by Gasteiger charge is -2.35. The second-order valence-corrected chi connectivity index (χ2v) is 7.24. The molecule has 0 spiro atoms. The first-order valence-electron chi connectivity index (χ1n) is 9.44. The highest BCUT2D eigenvalue weighted by Crippen LogP contribution is 2.30. The van der Waals surface area contributed by atoms with E-state index in [0.29, 0.717) is 19.1 Å². The van der Waals surface area contributed by atoms with Crippen LogP contribution < -0.4 is 22.6 Å². The van der Waals surface area contributed by atoms with Gasteiger partial charge in [0.2, 0.25) is 0 Å². The van der Waals surface area contributed by atoms with Crippen LogP contribution in [0.25, 0.3) is 0 Å². The number of anilines is 1. The quantitative estimate of drug-likeness (QED) is 0.712. The molecule has 2 N–H and O–H groups in total. The van der Waals surface area contributed by atoms with Crippen LogP contribution in [0.1, 0.15) is 18.1 Å². The second-order valence-electron chi connectivity index (χ2n) is 7.24. The predicted octanol–water partition coefficient (Wildman–Crippen LogP) is 0.0730. The second kappa shape index (κ2) is 9.98. The molecule has 8 heteroatoms. The van der Waals surface area contributed by atoms with E-state index in [1.165, 1.54) is 22.6 Å². The van der Waals surface area contributed by atoms with E-state index in [1.54, 1.807) is 4.90 Å². The summed E-state index contributed by atoms with van der Waals surface area (Å²) in [5, 5.41) is 2.59. The molecular formula is C21H25ClF3N3O. The maximum atomic E-state index is 12.8. The molecule has 1 aliphatic rings. The molecule has 1 fully saturated rings. The van der Waals surface area contributed by atoms with Crippen molar-refractivity contribution in [1.29, 1.82) is 0 Å². The van der Waals surface area contributed by atoms with Gasteiger partial charge in [-0.1, -0.05) is 36.4 Å². The zero-order valence-electron chi connectivity index (χ0n) is 16.2. The summed E-state index contributed by atoms with van der Waals surface area (Å²) in [6.45, 7) is 5.02. The van der Waals surface area contributed by atoms with Crippen LogP contribution in [0, 0.1) is 0 Å². The van der Waals surface area contributed by atoms with Crippen molar-refractivity contribution in [3.05, 3.63) is 65.7 Å². The Bertz CT molecular complexity index is 793. The Balaban J connectivity index is 0.00000300. The van der Waals surface area contributed by atoms with E-state index in [4.69, 9.17) is 0 Å². The molecule has 4 nitrogen and oxygen atoms in total. The Morgan fingerprint density at radius 3 is 2.38 bits per heavy atom. The molecule has 1 aliphatic heterocycles. The van der Waals surface area contributed by atoms with Crippen LogP contribution in [0.4, 0.5) is 23.7 Å². The van der Waals surface area contributed by atoms with Gasteiger partial charge >= 0.3 is 12.2 Å². The third-order valence-electron chi connectivity index (χ3n) is 5.22. The number of hydrogen-bond donors (Lipinski definition) is 2. The average Bonchev–Trinajstić information content (AvgIpc) is 2.68. The van der Waals surface area contributed by atoms with Crippen molar-refractivity contribution in [3.8, 4) is 0 Å². The van der Waals surface area contributed by atoms with Crippen LogP contribution in [0.15, 0.2) is 54.6 Å². The minimum absolute atomic E-state index is 0. The van der Waals surface area contributed by atoms with Gasteiger partial charge in [-0.05, 0) is 30.7 Å². The van der Waals surface area contributed by atoms with Gasteiger partial charge in [-0.25, -0.2) is 4.79 Å². The van der Waals surface area contributed by atoms with Gasteiger partial charge in [0.05, 0.1) is 37.8 Å². The number of carbonyl (C=O) groups is 1. The number of nitrogens with one attached hydrogen (secondary N) is 2. The van der Waals surface area contributed by atoms with E-state index in [-0.39, 0.29) is 24.1 Å². The van der Waals surface area contributed by atoms with Gasteiger partial charge in [-0.2, -0.15) is 13.2 Å². The Hall–Kier alpha value is -2.25. The number of nitrogens with zero attached hydrogens (tertiary/aromatic N) is 1. The average molecular weight is 428 g/mol. The van der Waals surface area contributed by atoms with Gasteiger partial charge in [-0.15, -0.1) is 0 Å². The topological polar surface area (TPSA) is 36.8 Å². The monoisotopic (exact) mass is 427 g/mol. The summed E-state index contributed by atoms with van der Waals surface area (Å²) in [6, 6.07) is 15.1. The third kappa shape index (κ3) is 6.37. The highest BCUT2D eigenvalue weighted by molar-refractivity contribution is 5.89. The molecule has 1 heterocycles. The fourth-order valence-electron chi connectivity index (χ4n) is 3.58. The van der Waals surface area contributed by atoms with Crippen molar-refractivity contribution in [2.75, 3.05) is 31.5 Å². The molecule has 0 saturated carbocycles. The van der Waals surface area contributed by atoms with Gasteiger partial charge in [0.25, 0.3) is 0 Å². The molecule has 158 valence electrons. The summed E-state index contributed by atoms with van der Waals surface area (Å²) in [7, 11) is 0. The fraction of sp³-hybridized carbons (Fsp3) is 0.381. The summed E-state index contributed by atoms with van der Waals surface area (Å²) in [5.74, 6) is 0. The Kier molecular flexibility index (Phi) is 7.93. The fourth-order valence-corrected chi connectivity index (χ4v) is 3.58. The number of rotatable bonds is 4. The molecule has 2 aromatic rings. The number of halogens is 4. The predicted molar refractivity (Wildman–Crippen MR) is 102 cm³/mol. The Labute approximate surface area is 175 Å². The summed E-state index contributed by atoms with van der Waals surface area (Å²) in [4.78, 5) is 15.5. The van der Waals surface area contributed by atoms with Crippen LogP contribution >= 0.6 is 0 Å². The van der Waals surface area contributed by atoms with Gasteiger partial charge in [0, 0.05) is 12.1 Å². The number of benzene rings is 2.